The van der Waals surface area contributed by atoms with Crippen LogP contribution in [0, 0.1) is 5.41 Å². The minimum atomic E-state index is 0.468. The Bertz CT molecular complexity index is 371. The third-order valence-electron chi connectivity index (χ3n) is 1.93. The first-order valence-corrected chi connectivity index (χ1v) is 5.37. The fourth-order valence-electron chi connectivity index (χ4n) is 1.13. The third kappa shape index (κ3) is 3.18. The molecule has 1 aromatic rings. The highest BCUT2D eigenvalue weighted by atomic mass is 79.9. The SMILES string of the molecule is C[NH2+]/C=C(/Br)C(=N)c1ccc(OC)cc1. The zero-order chi connectivity index (χ0) is 11.3. The van der Waals surface area contributed by atoms with E-state index in [1.165, 1.54) is 0 Å². The van der Waals surface area contributed by atoms with Gasteiger partial charge in [-0.25, -0.2) is 0 Å². The van der Waals surface area contributed by atoms with Crippen molar-refractivity contribution in [2.24, 2.45) is 0 Å². The summed E-state index contributed by atoms with van der Waals surface area (Å²) in [5, 5.41) is 9.78. The average molecular weight is 270 g/mol. The van der Waals surface area contributed by atoms with Crippen LogP contribution in [0.1, 0.15) is 5.56 Å². The van der Waals surface area contributed by atoms with Gasteiger partial charge in [-0.3, -0.25) is 5.41 Å². The molecule has 0 fully saturated rings. The second kappa shape index (κ2) is 5.68. The summed E-state index contributed by atoms with van der Waals surface area (Å²) in [6.45, 7) is 0. The number of halogens is 1. The fourth-order valence-corrected chi connectivity index (χ4v) is 1.62. The number of nitrogens with one attached hydrogen (secondary N) is 1. The summed E-state index contributed by atoms with van der Waals surface area (Å²) in [5.41, 5.74) is 1.33. The lowest BCUT2D eigenvalue weighted by atomic mass is 10.1. The summed E-state index contributed by atoms with van der Waals surface area (Å²) in [4.78, 5) is 0. The van der Waals surface area contributed by atoms with Gasteiger partial charge in [-0.1, -0.05) is 0 Å². The molecule has 0 saturated heterocycles. The molecular weight excluding hydrogens is 256 g/mol. The molecule has 0 aromatic heterocycles. The summed E-state index contributed by atoms with van der Waals surface area (Å²) in [5.74, 6) is 0.800. The van der Waals surface area contributed by atoms with Gasteiger partial charge in [0.15, 0.2) is 0 Å². The van der Waals surface area contributed by atoms with E-state index in [4.69, 9.17) is 10.1 Å². The number of quaternary nitrogens is 1. The molecule has 0 aliphatic rings. The molecule has 0 heterocycles. The molecule has 0 aliphatic carbocycles. The lowest BCUT2D eigenvalue weighted by Gasteiger charge is -2.03. The molecule has 0 radical (unpaired) electrons. The molecule has 3 N–H and O–H groups in total. The van der Waals surface area contributed by atoms with Gasteiger partial charge < -0.3 is 10.1 Å². The molecule has 0 spiro atoms. The monoisotopic (exact) mass is 269 g/mol. The number of hydrogen-bond acceptors (Lipinski definition) is 2. The number of methoxy groups -OCH3 is 1. The fraction of sp³-hybridized carbons (Fsp3) is 0.182. The second-order valence-corrected chi connectivity index (χ2v) is 3.81. The maximum absolute atomic E-state index is 7.89. The van der Waals surface area contributed by atoms with Crippen molar-refractivity contribution in [2.75, 3.05) is 14.2 Å². The van der Waals surface area contributed by atoms with Gasteiger partial charge in [-0.2, -0.15) is 0 Å². The van der Waals surface area contributed by atoms with Crippen molar-refractivity contribution in [3.8, 4) is 5.75 Å². The first kappa shape index (κ1) is 11.9. The largest absolute Gasteiger partial charge is 0.497 e. The standard InChI is InChI=1S/C11H13BrN2O/c1-14-7-10(12)11(13)8-3-5-9(15-2)6-4-8/h3-7,13-14H,1-2H3/p+1/b10-7+,13-11?. The lowest BCUT2D eigenvalue weighted by Crippen LogP contribution is -2.73. The van der Waals surface area contributed by atoms with Gasteiger partial charge in [0.1, 0.15) is 11.9 Å². The van der Waals surface area contributed by atoms with Crippen LogP contribution < -0.4 is 10.1 Å². The van der Waals surface area contributed by atoms with Crippen LogP contribution in [0.3, 0.4) is 0 Å². The Balaban J connectivity index is 2.87. The predicted octanol–water partition coefficient (Wildman–Crippen LogP) is 1.49. The number of benzene rings is 1. The highest BCUT2D eigenvalue weighted by Crippen LogP contribution is 2.16. The number of allylic oxidation sites excluding steroid dienone is 1. The Morgan fingerprint density at radius 1 is 1.40 bits per heavy atom. The average Bonchev–Trinajstić information content (AvgIpc) is 2.28. The van der Waals surface area contributed by atoms with Gasteiger partial charge in [0.05, 0.1) is 24.4 Å². The van der Waals surface area contributed by atoms with Gasteiger partial charge in [0, 0.05) is 5.56 Å². The minimum absolute atomic E-state index is 0.468. The van der Waals surface area contributed by atoms with Gasteiger partial charge in [-0.15, -0.1) is 0 Å². The minimum Gasteiger partial charge on any atom is -0.497 e. The van der Waals surface area contributed by atoms with E-state index in [1.807, 2.05) is 42.8 Å². The van der Waals surface area contributed by atoms with Crippen LogP contribution in [-0.4, -0.2) is 19.9 Å². The van der Waals surface area contributed by atoms with Crippen LogP contribution in [-0.2, 0) is 0 Å². The Morgan fingerprint density at radius 2 is 2.00 bits per heavy atom. The molecule has 0 bridgehead atoms. The van der Waals surface area contributed by atoms with Crippen LogP contribution in [0.5, 0.6) is 5.75 Å². The Kier molecular flexibility index (Phi) is 4.52. The Hall–Kier alpha value is -1.13. The molecule has 80 valence electrons. The van der Waals surface area contributed by atoms with E-state index >= 15 is 0 Å². The summed E-state index contributed by atoms with van der Waals surface area (Å²) in [7, 11) is 3.55. The molecule has 0 unspecified atom stereocenters. The van der Waals surface area contributed by atoms with Crippen molar-refractivity contribution in [1.82, 2.24) is 0 Å². The summed E-state index contributed by atoms with van der Waals surface area (Å²) in [6.07, 6.45) is 1.85. The Labute approximate surface area is 97.8 Å². The molecule has 4 heteroatoms. The van der Waals surface area contributed by atoms with E-state index in [9.17, 15) is 0 Å². The molecule has 0 atom stereocenters. The topological polar surface area (TPSA) is 49.7 Å². The maximum Gasteiger partial charge on any atom is 0.118 e. The Morgan fingerprint density at radius 3 is 2.47 bits per heavy atom. The zero-order valence-corrected chi connectivity index (χ0v) is 10.3. The number of ether oxygens (including phenoxy) is 1. The van der Waals surface area contributed by atoms with E-state index < -0.39 is 0 Å². The molecular formula is C11H14BrN2O+. The molecule has 15 heavy (non-hydrogen) atoms. The van der Waals surface area contributed by atoms with E-state index in [2.05, 4.69) is 15.9 Å². The maximum atomic E-state index is 7.89. The summed E-state index contributed by atoms with van der Waals surface area (Å²) in [6, 6.07) is 7.43. The predicted molar refractivity (Wildman–Crippen MR) is 64.7 cm³/mol. The lowest BCUT2D eigenvalue weighted by molar-refractivity contribution is -0.556. The van der Waals surface area contributed by atoms with Crippen LogP contribution >= 0.6 is 15.9 Å². The molecule has 0 amide bonds. The van der Waals surface area contributed by atoms with E-state index in [0.717, 1.165) is 15.8 Å². The van der Waals surface area contributed by atoms with Gasteiger partial charge in [-0.05, 0) is 40.2 Å². The summed E-state index contributed by atoms with van der Waals surface area (Å²) >= 11 is 3.35. The van der Waals surface area contributed by atoms with Crippen molar-refractivity contribution < 1.29 is 10.1 Å². The summed E-state index contributed by atoms with van der Waals surface area (Å²) < 4.78 is 5.83. The van der Waals surface area contributed by atoms with E-state index in [-0.39, 0.29) is 0 Å². The van der Waals surface area contributed by atoms with Gasteiger partial charge >= 0.3 is 0 Å². The van der Waals surface area contributed by atoms with Crippen molar-refractivity contribution >= 4 is 21.6 Å². The van der Waals surface area contributed by atoms with Crippen LogP contribution in [0.25, 0.3) is 0 Å². The highest BCUT2D eigenvalue weighted by Gasteiger charge is 2.06. The molecule has 3 nitrogen and oxygen atoms in total. The third-order valence-corrected chi connectivity index (χ3v) is 2.59. The van der Waals surface area contributed by atoms with Crippen molar-refractivity contribution in [1.29, 1.82) is 5.41 Å². The normalized spacial score (nSPS) is 11.3. The van der Waals surface area contributed by atoms with Crippen LogP contribution in [0.15, 0.2) is 34.9 Å². The molecule has 1 aromatic carbocycles. The second-order valence-electron chi connectivity index (χ2n) is 2.95. The van der Waals surface area contributed by atoms with Crippen molar-refractivity contribution in [2.45, 2.75) is 0 Å². The number of hydrogen-bond donors (Lipinski definition) is 2. The number of rotatable bonds is 4. The van der Waals surface area contributed by atoms with Gasteiger partial charge in [0.2, 0.25) is 0 Å². The number of nitrogens with two attached hydrogens (primary N) is 1. The highest BCUT2D eigenvalue weighted by molar-refractivity contribution is 9.12. The zero-order valence-electron chi connectivity index (χ0n) is 8.75. The van der Waals surface area contributed by atoms with E-state index in [0.29, 0.717) is 5.71 Å². The van der Waals surface area contributed by atoms with Crippen molar-refractivity contribution in [3.05, 3.63) is 40.5 Å². The first-order chi connectivity index (χ1) is 7.19. The quantitative estimate of drug-likeness (QED) is 0.800. The first-order valence-electron chi connectivity index (χ1n) is 4.57. The van der Waals surface area contributed by atoms with E-state index in [1.54, 1.807) is 7.11 Å². The molecule has 0 saturated carbocycles. The van der Waals surface area contributed by atoms with Gasteiger partial charge in [0.25, 0.3) is 0 Å². The molecule has 0 aliphatic heterocycles. The van der Waals surface area contributed by atoms with Crippen LogP contribution in [0.4, 0.5) is 0 Å². The molecule has 1 rings (SSSR count). The van der Waals surface area contributed by atoms with Crippen LogP contribution in [0.2, 0.25) is 0 Å². The van der Waals surface area contributed by atoms with Crippen molar-refractivity contribution in [3.63, 3.8) is 0 Å². The smallest absolute Gasteiger partial charge is 0.118 e.